The molecule has 2 N–H and O–H groups in total. The highest BCUT2D eigenvalue weighted by Crippen LogP contribution is 1.86. The van der Waals surface area contributed by atoms with Crippen LogP contribution >= 0.6 is 0 Å². The van der Waals surface area contributed by atoms with Gasteiger partial charge in [0.15, 0.2) is 0 Å². The summed E-state index contributed by atoms with van der Waals surface area (Å²) in [6, 6.07) is 1.97. The van der Waals surface area contributed by atoms with Gasteiger partial charge in [0.05, 0.1) is 5.69 Å². The predicted molar refractivity (Wildman–Crippen MR) is 41.1 cm³/mol. The summed E-state index contributed by atoms with van der Waals surface area (Å²) in [5.41, 5.74) is 1.07. The molecule has 0 saturated carbocycles. The Kier molecular flexibility index (Phi) is 4.67. The van der Waals surface area contributed by atoms with Crippen LogP contribution in [0, 0.1) is 6.92 Å². The van der Waals surface area contributed by atoms with Gasteiger partial charge in [-0.3, -0.25) is 14.0 Å². The van der Waals surface area contributed by atoms with Gasteiger partial charge in [-0.2, -0.15) is 5.10 Å². The van der Waals surface area contributed by atoms with Gasteiger partial charge in [0, 0.05) is 24.5 Å². The van der Waals surface area contributed by atoms with E-state index in [1.54, 1.807) is 4.68 Å². The van der Waals surface area contributed by atoms with E-state index in [4.69, 9.17) is 8.76 Å². The van der Waals surface area contributed by atoms with Gasteiger partial charge in [-0.15, -0.1) is 0 Å². The van der Waals surface area contributed by atoms with Crippen molar-refractivity contribution in [2.24, 2.45) is 12.2 Å². The smallest absolute Gasteiger partial charge is 0.0593 e. The Morgan fingerprint density at radius 2 is 2.27 bits per heavy atom. The van der Waals surface area contributed by atoms with Gasteiger partial charge in [0.25, 0.3) is 0 Å². The first-order valence-corrected chi connectivity index (χ1v) is 3.96. The number of rotatable bonds is 0. The summed E-state index contributed by atoms with van der Waals surface area (Å²) in [6.45, 7) is 1.97. The molecule has 1 aromatic rings. The molecule has 0 fully saturated rings. The fourth-order valence-corrected chi connectivity index (χ4v) is 0.531. The maximum absolute atomic E-state index is 8.78. The van der Waals surface area contributed by atoms with E-state index in [1.807, 2.05) is 26.2 Å². The van der Waals surface area contributed by atoms with Crippen molar-refractivity contribution in [2.75, 3.05) is 0 Å². The van der Waals surface area contributed by atoms with Crippen molar-refractivity contribution >= 4 is 11.3 Å². The molecule has 0 radical (unpaired) electrons. The van der Waals surface area contributed by atoms with E-state index in [0.717, 1.165) is 5.69 Å². The molecule has 0 aliphatic rings. The third-order valence-electron chi connectivity index (χ3n) is 0.847. The van der Waals surface area contributed by atoms with Crippen molar-refractivity contribution in [3.63, 3.8) is 0 Å². The minimum absolute atomic E-state index is 1.07. The topological polar surface area (TPSA) is 84.0 Å². The minimum Gasteiger partial charge on any atom is -0.760 e. The second-order valence-corrected chi connectivity index (χ2v) is 2.41. The van der Waals surface area contributed by atoms with Crippen LogP contribution in [0.2, 0.25) is 0 Å². The Hall–Kier alpha value is -0.720. The van der Waals surface area contributed by atoms with Crippen molar-refractivity contribution in [3.8, 4) is 0 Å². The number of nitrogens with two attached hydrogens (primary N) is 1. The Labute approximate surface area is 67.6 Å². The highest BCUT2D eigenvalue weighted by molar-refractivity contribution is 7.76. The van der Waals surface area contributed by atoms with Crippen molar-refractivity contribution in [3.05, 3.63) is 18.0 Å². The summed E-state index contributed by atoms with van der Waals surface area (Å²) in [4.78, 5) is 0. The molecule has 0 aliphatic carbocycles. The van der Waals surface area contributed by atoms with E-state index < -0.39 is 11.3 Å². The molecule has 1 unspecified atom stereocenters. The Morgan fingerprint density at radius 3 is 2.36 bits per heavy atom. The molecule has 0 saturated heterocycles. The third-order valence-corrected chi connectivity index (χ3v) is 0.847. The highest BCUT2D eigenvalue weighted by Gasteiger charge is 1.81. The van der Waals surface area contributed by atoms with Crippen LogP contribution in [0.25, 0.3) is 0 Å². The van der Waals surface area contributed by atoms with E-state index in [-0.39, 0.29) is 0 Å². The summed E-state index contributed by atoms with van der Waals surface area (Å²) in [7, 11) is 1.91. The van der Waals surface area contributed by atoms with E-state index >= 15 is 0 Å². The lowest BCUT2D eigenvalue weighted by atomic mass is 10.5. The number of nitrogens with zero attached hydrogens (tertiary/aromatic N) is 2. The van der Waals surface area contributed by atoms with Crippen LogP contribution in [0.5, 0.6) is 0 Å². The van der Waals surface area contributed by atoms with E-state index in [9.17, 15) is 0 Å². The van der Waals surface area contributed by atoms with Crippen LogP contribution in [0.1, 0.15) is 5.69 Å². The lowest BCUT2D eigenvalue weighted by Crippen LogP contribution is -1.97. The SMILES string of the molecule is Cc1ccn(C)n1.NS(=O)[O-]. The average Bonchev–Trinajstić information content (AvgIpc) is 2.13. The first kappa shape index (κ1) is 10.3. The molecule has 6 heteroatoms. The molecule has 1 heterocycles. The van der Waals surface area contributed by atoms with Gasteiger partial charge in [-0.1, -0.05) is 0 Å². The van der Waals surface area contributed by atoms with Crippen molar-refractivity contribution in [1.82, 2.24) is 9.78 Å². The zero-order valence-corrected chi connectivity index (χ0v) is 7.17. The maximum Gasteiger partial charge on any atom is 0.0593 e. The normalized spacial score (nSPS) is 11.6. The predicted octanol–water partition coefficient (Wildman–Crippen LogP) is -0.532. The summed E-state index contributed by atoms with van der Waals surface area (Å²) in [6.07, 6.45) is 1.93. The van der Waals surface area contributed by atoms with Crippen molar-refractivity contribution < 1.29 is 8.76 Å². The summed E-state index contributed by atoms with van der Waals surface area (Å²) in [5.74, 6) is 0. The molecule has 0 bridgehead atoms. The van der Waals surface area contributed by atoms with E-state index in [1.165, 1.54) is 0 Å². The maximum atomic E-state index is 8.78. The van der Waals surface area contributed by atoms with Gasteiger partial charge in [0.2, 0.25) is 0 Å². The number of aromatic nitrogens is 2. The van der Waals surface area contributed by atoms with E-state index in [2.05, 4.69) is 10.2 Å². The summed E-state index contributed by atoms with van der Waals surface area (Å²) < 4.78 is 19.3. The standard InChI is InChI=1S/C5H8N2.H3NO2S/c1-5-3-4-7(2)6-5;1-4(2)3/h3-4H,1-2H3;1H2,(H,2,3)/p-1. The number of hydrogen-bond donors (Lipinski definition) is 1. The molecule has 0 amide bonds. The van der Waals surface area contributed by atoms with Crippen LogP contribution in [0.15, 0.2) is 12.3 Å². The van der Waals surface area contributed by atoms with Crippen LogP contribution in [-0.4, -0.2) is 18.5 Å². The molecular formula is C5H10N3O2S-. The van der Waals surface area contributed by atoms with Gasteiger partial charge in [0.1, 0.15) is 0 Å². The molecule has 0 aliphatic heterocycles. The molecule has 1 aromatic heterocycles. The largest absolute Gasteiger partial charge is 0.760 e. The fourth-order valence-electron chi connectivity index (χ4n) is 0.531. The first-order valence-electron chi connectivity index (χ1n) is 2.82. The highest BCUT2D eigenvalue weighted by atomic mass is 32.2. The van der Waals surface area contributed by atoms with Crippen LogP contribution in [0.3, 0.4) is 0 Å². The van der Waals surface area contributed by atoms with Crippen LogP contribution in [0.4, 0.5) is 0 Å². The van der Waals surface area contributed by atoms with Gasteiger partial charge in [-0.05, 0) is 13.0 Å². The molecule has 11 heavy (non-hydrogen) atoms. The fraction of sp³-hybridized carbons (Fsp3) is 0.400. The second-order valence-electron chi connectivity index (χ2n) is 1.89. The Bertz CT molecular complexity index is 215. The Balaban J connectivity index is 0.000000218. The molecule has 64 valence electrons. The van der Waals surface area contributed by atoms with Crippen molar-refractivity contribution in [1.29, 1.82) is 0 Å². The van der Waals surface area contributed by atoms with Gasteiger partial charge < -0.3 is 4.55 Å². The van der Waals surface area contributed by atoms with Gasteiger partial charge >= 0.3 is 0 Å². The lowest BCUT2D eigenvalue weighted by Gasteiger charge is -1.85. The first-order chi connectivity index (χ1) is 5.02. The molecule has 5 nitrogen and oxygen atoms in total. The summed E-state index contributed by atoms with van der Waals surface area (Å²) in [5, 5.41) is 8.06. The molecule has 1 atom stereocenters. The Morgan fingerprint density at radius 1 is 1.82 bits per heavy atom. The monoisotopic (exact) mass is 176 g/mol. The third kappa shape index (κ3) is 7.17. The van der Waals surface area contributed by atoms with Gasteiger partial charge in [-0.25, -0.2) is 0 Å². The second kappa shape index (κ2) is 5.00. The molecule has 0 aromatic carbocycles. The quantitative estimate of drug-likeness (QED) is 0.539. The zero-order chi connectivity index (χ0) is 8.85. The lowest BCUT2D eigenvalue weighted by molar-refractivity contribution is 0.539. The van der Waals surface area contributed by atoms with Crippen molar-refractivity contribution in [2.45, 2.75) is 6.92 Å². The number of aryl methyl sites for hydroxylation is 2. The van der Waals surface area contributed by atoms with E-state index in [0.29, 0.717) is 0 Å². The minimum atomic E-state index is -2.36. The van der Waals surface area contributed by atoms with Crippen LogP contribution < -0.4 is 5.14 Å². The molecule has 0 spiro atoms. The average molecular weight is 176 g/mol. The van der Waals surface area contributed by atoms with Crippen LogP contribution in [-0.2, 0) is 18.3 Å². The molecule has 1 rings (SSSR count). The molecular weight excluding hydrogens is 166 g/mol. The number of hydrogen-bond acceptors (Lipinski definition) is 3. The zero-order valence-electron chi connectivity index (χ0n) is 6.35. The summed E-state index contributed by atoms with van der Waals surface area (Å²) >= 11 is -2.36.